The summed E-state index contributed by atoms with van der Waals surface area (Å²) >= 11 is 0. The molecule has 5 heteroatoms. The van der Waals surface area contributed by atoms with Gasteiger partial charge in [0.1, 0.15) is 5.65 Å². The van der Waals surface area contributed by atoms with E-state index in [1.54, 1.807) is 0 Å². The summed E-state index contributed by atoms with van der Waals surface area (Å²) in [5.41, 5.74) is 2.28. The summed E-state index contributed by atoms with van der Waals surface area (Å²) in [5, 5.41) is 4.77. The van der Waals surface area contributed by atoms with Crippen LogP contribution in [-0.4, -0.2) is 66.1 Å². The molecule has 0 atom stereocenters. The van der Waals surface area contributed by atoms with Gasteiger partial charge in [-0.25, -0.2) is 4.98 Å². The Morgan fingerprint density at radius 1 is 1.29 bits per heavy atom. The van der Waals surface area contributed by atoms with Crippen LogP contribution in [0.15, 0.2) is 24.5 Å². The number of likely N-dealkylation sites (N-methyl/N-ethyl adjacent to an activating group) is 1. The monoisotopic (exact) mass is 287 g/mol. The molecule has 1 aliphatic rings. The van der Waals surface area contributed by atoms with Crippen molar-refractivity contribution in [1.82, 2.24) is 25.1 Å². The van der Waals surface area contributed by atoms with Gasteiger partial charge in [-0.15, -0.1) is 0 Å². The Balaban J connectivity index is 1.37. The zero-order valence-electron chi connectivity index (χ0n) is 12.8. The predicted molar refractivity (Wildman–Crippen MR) is 86.4 cm³/mol. The smallest absolute Gasteiger partial charge is 0.137 e. The SMILES string of the molecule is CN1CCN(CCCNCc2c[nH]c3ncccc23)CC1. The lowest BCUT2D eigenvalue weighted by Crippen LogP contribution is -2.45. The summed E-state index contributed by atoms with van der Waals surface area (Å²) in [7, 11) is 2.20. The van der Waals surface area contributed by atoms with E-state index >= 15 is 0 Å². The first kappa shape index (κ1) is 14.5. The number of nitrogens with zero attached hydrogens (tertiary/aromatic N) is 3. The molecule has 0 amide bonds. The van der Waals surface area contributed by atoms with Gasteiger partial charge in [-0.3, -0.25) is 0 Å². The maximum atomic E-state index is 4.32. The maximum absolute atomic E-state index is 4.32. The molecule has 3 heterocycles. The fourth-order valence-corrected chi connectivity index (χ4v) is 2.88. The lowest BCUT2D eigenvalue weighted by Gasteiger charge is -2.32. The normalized spacial score (nSPS) is 17.6. The molecule has 21 heavy (non-hydrogen) atoms. The van der Waals surface area contributed by atoms with E-state index in [1.807, 2.05) is 12.3 Å². The van der Waals surface area contributed by atoms with E-state index in [0.717, 1.165) is 18.7 Å². The molecule has 114 valence electrons. The summed E-state index contributed by atoms with van der Waals surface area (Å²) in [6.07, 6.45) is 5.10. The van der Waals surface area contributed by atoms with Gasteiger partial charge in [0.2, 0.25) is 0 Å². The molecule has 3 rings (SSSR count). The number of pyridine rings is 1. The molecule has 2 N–H and O–H groups in total. The zero-order chi connectivity index (χ0) is 14.5. The van der Waals surface area contributed by atoms with Crippen LogP contribution < -0.4 is 5.32 Å². The molecule has 0 saturated carbocycles. The van der Waals surface area contributed by atoms with Crippen LogP contribution in [0, 0.1) is 0 Å². The van der Waals surface area contributed by atoms with Crippen LogP contribution in [0.25, 0.3) is 11.0 Å². The first-order chi connectivity index (χ1) is 10.3. The molecule has 0 aliphatic carbocycles. The molecule has 0 radical (unpaired) electrons. The summed E-state index contributed by atoms with van der Waals surface area (Å²) in [4.78, 5) is 12.5. The number of aromatic amines is 1. The first-order valence-electron chi connectivity index (χ1n) is 7.85. The predicted octanol–water partition coefficient (Wildman–Crippen LogP) is 1.29. The van der Waals surface area contributed by atoms with Crippen molar-refractivity contribution in [2.45, 2.75) is 13.0 Å². The zero-order valence-corrected chi connectivity index (χ0v) is 12.8. The lowest BCUT2D eigenvalue weighted by atomic mass is 10.2. The highest BCUT2D eigenvalue weighted by Gasteiger charge is 2.12. The van der Waals surface area contributed by atoms with Gasteiger partial charge in [0.15, 0.2) is 0 Å². The molecule has 5 nitrogen and oxygen atoms in total. The average Bonchev–Trinajstić information content (AvgIpc) is 2.92. The van der Waals surface area contributed by atoms with Crippen LogP contribution in [0.2, 0.25) is 0 Å². The van der Waals surface area contributed by atoms with Gasteiger partial charge in [-0.05, 0) is 44.3 Å². The molecular weight excluding hydrogens is 262 g/mol. The third-order valence-corrected chi connectivity index (χ3v) is 4.28. The second kappa shape index (κ2) is 7.02. The summed E-state index contributed by atoms with van der Waals surface area (Å²) in [6, 6.07) is 4.12. The number of piperazine rings is 1. The number of hydrogen-bond acceptors (Lipinski definition) is 4. The fraction of sp³-hybridized carbons (Fsp3) is 0.562. The standard InChI is InChI=1S/C16H25N5/c1-20-8-10-21(11-9-20)7-3-5-17-12-14-13-19-16-15(14)4-2-6-18-16/h2,4,6,13,17H,3,5,7-12H2,1H3,(H,18,19). The van der Waals surface area contributed by atoms with Gasteiger partial charge >= 0.3 is 0 Å². The van der Waals surface area contributed by atoms with Crippen molar-refractivity contribution in [1.29, 1.82) is 0 Å². The highest BCUT2D eigenvalue weighted by molar-refractivity contribution is 5.79. The van der Waals surface area contributed by atoms with E-state index in [-0.39, 0.29) is 0 Å². The minimum Gasteiger partial charge on any atom is -0.346 e. The number of aromatic nitrogens is 2. The van der Waals surface area contributed by atoms with Crippen molar-refractivity contribution in [2.75, 3.05) is 46.3 Å². The Bertz CT molecular complexity index is 557. The number of H-pyrrole nitrogens is 1. The molecule has 1 saturated heterocycles. The van der Waals surface area contributed by atoms with Crippen molar-refractivity contribution in [3.63, 3.8) is 0 Å². The average molecular weight is 287 g/mol. The Labute approximate surface area is 126 Å². The van der Waals surface area contributed by atoms with Gasteiger partial charge in [-0.2, -0.15) is 0 Å². The van der Waals surface area contributed by atoms with Crippen molar-refractivity contribution < 1.29 is 0 Å². The quantitative estimate of drug-likeness (QED) is 0.786. The van der Waals surface area contributed by atoms with Gasteiger partial charge in [0, 0.05) is 50.5 Å². The highest BCUT2D eigenvalue weighted by Crippen LogP contribution is 2.14. The molecular formula is C16H25N5. The maximum Gasteiger partial charge on any atom is 0.137 e. The fourth-order valence-electron chi connectivity index (χ4n) is 2.88. The van der Waals surface area contributed by atoms with Crippen LogP contribution >= 0.6 is 0 Å². The Hall–Kier alpha value is -1.43. The Morgan fingerprint density at radius 2 is 2.14 bits per heavy atom. The van der Waals surface area contributed by atoms with Gasteiger partial charge in [0.25, 0.3) is 0 Å². The van der Waals surface area contributed by atoms with E-state index in [4.69, 9.17) is 0 Å². The molecule has 1 fully saturated rings. The summed E-state index contributed by atoms with van der Waals surface area (Å²) in [6.45, 7) is 8.02. The van der Waals surface area contributed by atoms with Crippen LogP contribution in [0.5, 0.6) is 0 Å². The molecule has 2 aromatic heterocycles. The van der Waals surface area contributed by atoms with E-state index in [2.05, 4.69) is 44.4 Å². The van der Waals surface area contributed by atoms with E-state index in [9.17, 15) is 0 Å². The van der Waals surface area contributed by atoms with Gasteiger partial charge < -0.3 is 20.1 Å². The van der Waals surface area contributed by atoms with Gasteiger partial charge in [0.05, 0.1) is 0 Å². The molecule has 2 aromatic rings. The van der Waals surface area contributed by atoms with Crippen molar-refractivity contribution in [2.24, 2.45) is 0 Å². The van der Waals surface area contributed by atoms with Crippen molar-refractivity contribution in [3.8, 4) is 0 Å². The third kappa shape index (κ3) is 3.81. The number of nitrogens with one attached hydrogen (secondary N) is 2. The third-order valence-electron chi connectivity index (χ3n) is 4.28. The van der Waals surface area contributed by atoms with Crippen LogP contribution in [-0.2, 0) is 6.54 Å². The number of rotatable bonds is 6. The molecule has 0 bridgehead atoms. The van der Waals surface area contributed by atoms with E-state index in [0.29, 0.717) is 0 Å². The van der Waals surface area contributed by atoms with E-state index < -0.39 is 0 Å². The van der Waals surface area contributed by atoms with Crippen LogP contribution in [0.4, 0.5) is 0 Å². The molecule has 0 spiro atoms. The van der Waals surface area contributed by atoms with Gasteiger partial charge in [-0.1, -0.05) is 0 Å². The Kier molecular flexibility index (Phi) is 4.85. The highest BCUT2D eigenvalue weighted by atomic mass is 15.2. The van der Waals surface area contributed by atoms with E-state index in [1.165, 1.54) is 50.1 Å². The first-order valence-corrected chi connectivity index (χ1v) is 7.85. The minimum atomic E-state index is 0.911. The molecule has 0 aromatic carbocycles. The number of fused-ring (bicyclic) bond motifs is 1. The number of hydrogen-bond donors (Lipinski definition) is 2. The summed E-state index contributed by atoms with van der Waals surface area (Å²) < 4.78 is 0. The Morgan fingerprint density at radius 3 is 3.00 bits per heavy atom. The topological polar surface area (TPSA) is 47.2 Å². The minimum absolute atomic E-state index is 0.911. The second-order valence-corrected chi connectivity index (χ2v) is 5.89. The largest absolute Gasteiger partial charge is 0.346 e. The van der Waals surface area contributed by atoms with Crippen molar-refractivity contribution in [3.05, 3.63) is 30.1 Å². The van der Waals surface area contributed by atoms with Crippen LogP contribution in [0.1, 0.15) is 12.0 Å². The second-order valence-electron chi connectivity index (χ2n) is 5.89. The van der Waals surface area contributed by atoms with Crippen LogP contribution in [0.3, 0.4) is 0 Å². The lowest BCUT2D eigenvalue weighted by molar-refractivity contribution is 0.153. The summed E-state index contributed by atoms with van der Waals surface area (Å²) in [5.74, 6) is 0. The van der Waals surface area contributed by atoms with Crippen molar-refractivity contribution >= 4 is 11.0 Å². The molecule has 0 unspecified atom stereocenters. The molecule has 1 aliphatic heterocycles.